The zero-order chi connectivity index (χ0) is 45.1. The van der Waals surface area contributed by atoms with Gasteiger partial charge in [0.15, 0.2) is 6.10 Å². The number of hydrogen-bond acceptors (Lipinski definition) is 6. The van der Waals surface area contributed by atoms with Gasteiger partial charge < -0.3 is 14.2 Å². The third-order valence-electron chi connectivity index (χ3n) is 10.9. The van der Waals surface area contributed by atoms with Gasteiger partial charge in [-0.2, -0.15) is 0 Å². The van der Waals surface area contributed by atoms with Crippen LogP contribution in [0.25, 0.3) is 0 Å². The van der Waals surface area contributed by atoms with E-state index in [1.807, 2.05) is 0 Å². The molecular formula is C56H96O6. The molecule has 0 amide bonds. The SMILES string of the molecule is CC/C=C\C/C=C\C/C=C\C/C=C\C/C=C\CCCCCCCC(=O)OCC(COC(=O)CCCCCCCCCC)OC(=O)CCCCCCC/C=C\CCCCCCCC. The predicted molar refractivity (Wildman–Crippen MR) is 265 cm³/mol. The molecule has 0 aliphatic heterocycles. The number of hydrogen-bond donors (Lipinski definition) is 0. The predicted octanol–water partition coefficient (Wildman–Crippen LogP) is 17.0. The average Bonchev–Trinajstić information content (AvgIpc) is 3.27. The van der Waals surface area contributed by atoms with Crippen molar-refractivity contribution in [3.05, 3.63) is 72.9 Å². The molecule has 6 heteroatoms. The Morgan fingerprint density at radius 2 is 0.629 bits per heavy atom. The monoisotopic (exact) mass is 865 g/mol. The van der Waals surface area contributed by atoms with E-state index in [4.69, 9.17) is 14.2 Å². The number of allylic oxidation sites excluding steroid dienone is 12. The topological polar surface area (TPSA) is 78.9 Å². The van der Waals surface area contributed by atoms with Gasteiger partial charge in [0.05, 0.1) is 0 Å². The Balaban J connectivity index is 4.33. The lowest BCUT2D eigenvalue weighted by Gasteiger charge is -2.18. The number of ether oxygens (including phenoxy) is 3. The van der Waals surface area contributed by atoms with E-state index in [2.05, 4.69) is 93.7 Å². The summed E-state index contributed by atoms with van der Waals surface area (Å²) in [5.41, 5.74) is 0. The number of carbonyl (C=O) groups is 3. The van der Waals surface area contributed by atoms with E-state index in [0.717, 1.165) is 122 Å². The van der Waals surface area contributed by atoms with Crippen molar-refractivity contribution < 1.29 is 28.6 Å². The van der Waals surface area contributed by atoms with E-state index in [-0.39, 0.29) is 31.1 Å². The first-order chi connectivity index (χ1) is 30.5. The number of esters is 3. The lowest BCUT2D eigenvalue weighted by atomic mass is 10.1. The van der Waals surface area contributed by atoms with Crippen LogP contribution in [0.3, 0.4) is 0 Å². The lowest BCUT2D eigenvalue weighted by molar-refractivity contribution is -0.167. The first kappa shape index (κ1) is 58.9. The Morgan fingerprint density at radius 1 is 0.339 bits per heavy atom. The fourth-order valence-electron chi connectivity index (χ4n) is 7.05. The van der Waals surface area contributed by atoms with Crippen molar-refractivity contribution in [2.45, 2.75) is 252 Å². The van der Waals surface area contributed by atoms with Crippen LogP contribution in [0.5, 0.6) is 0 Å². The van der Waals surface area contributed by atoms with Crippen LogP contribution >= 0.6 is 0 Å². The fourth-order valence-corrected chi connectivity index (χ4v) is 7.05. The molecule has 356 valence electrons. The molecule has 0 spiro atoms. The molecule has 62 heavy (non-hydrogen) atoms. The molecule has 0 heterocycles. The van der Waals surface area contributed by atoms with Crippen molar-refractivity contribution >= 4 is 17.9 Å². The van der Waals surface area contributed by atoms with Gasteiger partial charge in [0.2, 0.25) is 0 Å². The van der Waals surface area contributed by atoms with E-state index in [1.165, 1.54) is 83.5 Å². The molecule has 0 aliphatic carbocycles. The molecule has 1 atom stereocenters. The number of carbonyl (C=O) groups excluding carboxylic acids is 3. The zero-order valence-electron chi connectivity index (χ0n) is 40.6. The van der Waals surface area contributed by atoms with Crippen LogP contribution in [-0.2, 0) is 28.6 Å². The number of rotatable bonds is 46. The summed E-state index contributed by atoms with van der Waals surface area (Å²) in [6.45, 7) is 6.47. The second kappa shape index (κ2) is 50.5. The van der Waals surface area contributed by atoms with E-state index in [1.54, 1.807) is 0 Å². The van der Waals surface area contributed by atoms with Crippen molar-refractivity contribution in [2.24, 2.45) is 0 Å². The number of unbranched alkanes of at least 4 members (excludes halogenated alkanes) is 23. The summed E-state index contributed by atoms with van der Waals surface area (Å²) < 4.78 is 16.7. The summed E-state index contributed by atoms with van der Waals surface area (Å²) in [6.07, 6.45) is 63.2. The van der Waals surface area contributed by atoms with E-state index in [9.17, 15) is 14.4 Å². The standard InChI is InChI=1S/C56H96O6/c1-4-7-10-13-16-19-21-23-25-26-27-28-29-30-32-33-35-37-40-43-46-49-55(58)61-52-53(51-60-54(57)48-45-42-39-18-15-12-9-6-3)62-56(59)50-47-44-41-38-36-34-31-24-22-20-17-14-11-8-5-2/h7,10,16,19,23-25,27-28,30-32,53H,4-6,8-9,11-15,17-18,20-22,26,29,33-52H2,1-3H3/b10-7-,19-16-,25-23-,28-27-,31-24-,32-30-. The minimum absolute atomic E-state index is 0.0842. The highest BCUT2D eigenvalue weighted by Gasteiger charge is 2.19. The minimum atomic E-state index is -0.784. The summed E-state index contributed by atoms with van der Waals surface area (Å²) in [5, 5.41) is 0. The highest BCUT2D eigenvalue weighted by Crippen LogP contribution is 2.14. The van der Waals surface area contributed by atoms with Gasteiger partial charge in [-0.3, -0.25) is 14.4 Å². The molecule has 0 bridgehead atoms. The van der Waals surface area contributed by atoms with Gasteiger partial charge in [-0.1, -0.05) is 209 Å². The maximum atomic E-state index is 12.8. The fraction of sp³-hybridized carbons (Fsp3) is 0.732. The summed E-state index contributed by atoms with van der Waals surface area (Å²) in [6, 6.07) is 0. The Labute approximate surface area is 382 Å². The van der Waals surface area contributed by atoms with Crippen LogP contribution in [-0.4, -0.2) is 37.2 Å². The molecule has 0 radical (unpaired) electrons. The molecule has 0 saturated carbocycles. The molecule has 0 saturated heterocycles. The molecule has 0 N–H and O–H groups in total. The molecule has 0 aromatic carbocycles. The highest BCUT2D eigenvalue weighted by atomic mass is 16.6. The van der Waals surface area contributed by atoms with Crippen molar-refractivity contribution in [3.63, 3.8) is 0 Å². The van der Waals surface area contributed by atoms with Gasteiger partial charge >= 0.3 is 17.9 Å². The van der Waals surface area contributed by atoms with E-state index in [0.29, 0.717) is 19.3 Å². The zero-order valence-corrected chi connectivity index (χ0v) is 40.6. The molecule has 0 aliphatic rings. The Kier molecular flexibility index (Phi) is 47.9. The highest BCUT2D eigenvalue weighted by molar-refractivity contribution is 5.71. The Bertz CT molecular complexity index is 1180. The first-order valence-corrected chi connectivity index (χ1v) is 25.9. The average molecular weight is 865 g/mol. The third-order valence-corrected chi connectivity index (χ3v) is 10.9. The smallest absolute Gasteiger partial charge is 0.306 e. The van der Waals surface area contributed by atoms with Crippen LogP contribution in [0, 0.1) is 0 Å². The van der Waals surface area contributed by atoms with Crippen LogP contribution in [0.2, 0.25) is 0 Å². The Hall–Kier alpha value is -3.15. The largest absolute Gasteiger partial charge is 0.462 e. The van der Waals surface area contributed by atoms with Crippen LogP contribution in [0.15, 0.2) is 72.9 Å². The van der Waals surface area contributed by atoms with Gasteiger partial charge in [-0.15, -0.1) is 0 Å². The molecular weight excluding hydrogens is 769 g/mol. The third kappa shape index (κ3) is 47.9. The van der Waals surface area contributed by atoms with Crippen molar-refractivity contribution in [3.8, 4) is 0 Å². The van der Waals surface area contributed by atoms with Gasteiger partial charge in [-0.05, 0) is 89.9 Å². The summed E-state index contributed by atoms with van der Waals surface area (Å²) >= 11 is 0. The van der Waals surface area contributed by atoms with Crippen molar-refractivity contribution in [1.29, 1.82) is 0 Å². The van der Waals surface area contributed by atoms with E-state index >= 15 is 0 Å². The first-order valence-electron chi connectivity index (χ1n) is 25.9. The molecule has 0 fully saturated rings. The quantitative estimate of drug-likeness (QED) is 0.0262. The minimum Gasteiger partial charge on any atom is -0.462 e. The molecule has 0 rings (SSSR count). The van der Waals surface area contributed by atoms with Gasteiger partial charge in [0.25, 0.3) is 0 Å². The second-order valence-corrected chi connectivity index (χ2v) is 17.1. The maximum Gasteiger partial charge on any atom is 0.306 e. The van der Waals surface area contributed by atoms with Crippen molar-refractivity contribution in [2.75, 3.05) is 13.2 Å². The van der Waals surface area contributed by atoms with Crippen LogP contribution < -0.4 is 0 Å². The van der Waals surface area contributed by atoms with Crippen LogP contribution in [0.1, 0.15) is 245 Å². The normalized spacial score (nSPS) is 12.6. The summed E-state index contributed by atoms with van der Waals surface area (Å²) in [7, 11) is 0. The van der Waals surface area contributed by atoms with E-state index < -0.39 is 6.10 Å². The molecule has 0 aromatic heterocycles. The summed E-state index contributed by atoms with van der Waals surface area (Å²) in [5.74, 6) is -0.915. The van der Waals surface area contributed by atoms with Gasteiger partial charge in [0, 0.05) is 19.3 Å². The van der Waals surface area contributed by atoms with Gasteiger partial charge in [-0.25, -0.2) is 0 Å². The second-order valence-electron chi connectivity index (χ2n) is 17.1. The lowest BCUT2D eigenvalue weighted by Crippen LogP contribution is -2.30. The Morgan fingerprint density at radius 3 is 1.00 bits per heavy atom. The molecule has 6 nitrogen and oxygen atoms in total. The summed E-state index contributed by atoms with van der Waals surface area (Å²) in [4.78, 5) is 37.9. The maximum absolute atomic E-state index is 12.8. The van der Waals surface area contributed by atoms with Gasteiger partial charge in [0.1, 0.15) is 13.2 Å². The van der Waals surface area contributed by atoms with Crippen molar-refractivity contribution in [1.82, 2.24) is 0 Å². The van der Waals surface area contributed by atoms with Crippen LogP contribution in [0.4, 0.5) is 0 Å². The molecule has 0 aromatic rings. The molecule has 1 unspecified atom stereocenters.